The number of hydrogen-bond donors (Lipinski definition) is 0. The topological polar surface area (TPSA) is 48.4 Å². The maximum absolute atomic E-state index is 11.5. The number of esters is 1. The number of methoxy groups -OCH3 is 1. The van der Waals surface area contributed by atoms with Crippen LogP contribution >= 0.6 is 11.3 Å². The van der Waals surface area contributed by atoms with Crippen molar-refractivity contribution in [2.45, 2.75) is 32.3 Å². The molecule has 2 rings (SSSR count). The average Bonchev–Trinajstić information content (AvgIpc) is 2.85. The van der Waals surface area contributed by atoms with E-state index >= 15 is 0 Å². The van der Waals surface area contributed by atoms with E-state index in [4.69, 9.17) is 9.47 Å². The Hall–Kier alpha value is -0.940. The molecule has 0 saturated carbocycles. The summed E-state index contributed by atoms with van der Waals surface area (Å²) >= 11 is 1.38. The lowest BCUT2D eigenvalue weighted by Gasteiger charge is -2.19. The third-order valence-electron chi connectivity index (χ3n) is 2.84. The van der Waals surface area contributed by atoms with Gasteiger partial charge in [-0.05, 0) is 26.7 Å². The fourth-order valence-corrected chi connectivity index (χ4v) is 2.97. The van der Waals surface area contributed by atoms with Gasteiger partial charge in [0.15, 0.2) is 0 Å². The smallest absolute Gasteiger partial charge is 0.349 e. The molecule has 88 valence electrons. The predicted molar refractivity (Wildman–Crippen MR) is 60.7 cm³/mol. The van der Waals surface area contributed by atoms with Gasteiger partial charge in [0.25, 0.3) is 0 Å². The highest BCUT2D eigenvalue weighted by molar-refractivity contribution is 7.13. The first-order chi connectivity index (χ1) is 7.57. The maximum atomic E-state index is 11.5. The summed E-state index contributed by atoms with van der Waals surface area (Å²) in [6.07, 6.45) is 2.00. The van der Waals surface area contributed by atoms with Crippen molar-refractivity contribution in [1.82, 2.24) is 4.98 Å². The lowest BCUT2D eigenvalue weighted by molar-refractivity contribution is 0.0166. The van der Waals surface area contributed by atoms with Gasteiger partial charge in [-0.1, -0.05) is 0 Å². The molecule has 2 heterocycles. The van der Waals surface area contributed by atoms with Crippen molar-refractivity contribution in [2.24, 2.45) is 0 Å². The Labute approximate surface area is 98.6 Å². The summed E-state index contributed by atoms with van der Waals surface area (Å²) in [4.78, 5) is 16.5. The van der Waals surface area contributed by atoms with E-state index in [2.05, 4.69) is 4.98 Å². The molecule has 0 amide bonds. The molecular weight excluding hydrogens is 226 g/mol. The Balaban J connectivity index is 2.33. The van der Waals surface area contributed by atoms with Crippen molar-refractivity contribution >= 4 is 17.3 Å². The fraction of sp³-hybridized carbons (Fsp3) is 0.636. The molecule has 4 nitrogen and oxygen atoms in total. The number of thiazole rings is 1. The van der Waals surface area contributed by atoms with E-state index in [9.17, 15) is 4.79 Å². The van der Waals surface area contributed by atoms with Crippen LogP contribution in [0.4, 0.5) is 0 Å². The van der Waals surface area contributed by atoms with Gasteiger partial charge in [0, 0.05) is 6.61 Å². The SMILES string of the molecule is COC(=O)c1sc(C2(C)CCCO2)nc1C. The van der Waals surface area contributed by atoms with Crippen molar-refractivity contribution in [3.8, 4) is 0 Å². The Morgan fingerprint density at radius 2 is 2.38 bits per heavy atom. The summed E-state index contributed by atoms with van der Waals surface area (Å²) < 4.78 is 10.4. The van der Waals surface area contributed by atoms with Crippen LogP contribution in [0.25, 0.3) is 0 Å². The van der Waals surface area contributed by atoms with Gasteiger partial charge < -0.3 is 9.47 Å². The largest absolute Gasteiger partial charge is 0.465 e. The number of carbonyl (C=O) groups is 1. The first-order valence-corrected chi connectivity index (χ1v) is 6.08. The van der Waals surface area contributed by atoms with Gasteiger partial charge in [-0.3, -0.25) is 0 Å². The van der Waals surface area contributed by atoms with Crippen LogP contribution in [-0.2, 0) is 15.1 Å². The Bertz CT molecular complexity index is 407. The molecule has 0 bridgehead atoms. The lowest BCUT2D eigenvalue weighted by atomic mass is 10.0. The monoisotopic (exact) mass is 241 g/mol. The third kappa shape index (κ3) is 1.85. The van der Waals surface area contributed by atoms with Crippen molar-refractivity contribution in [2.75, 3.05) is 13.7 Å². The van der Waals surface area contributed by atoms with Crippen LogP contribution in [0.15, 0.2) is 0 Å². The second-order valence-corrected chi connectivity index (χ2v) is 5.11. The summed E-state index contributed by atoms with van der Waals surface area (Å²) in [5.41, 5.74) is 0.408. The van der Waals surface area contributed by atoms with Gasteiger partial charge in [-0.15, -0.1) is 11.3 Å². The van der Waals surface area contributed by atoms with Crippen LogP contribution in [0.2, 0.25) is 0 Å². The van der Waals surface area contributed by atoms with E-state index in [0.29, 0.717) is 4.88 Å². The molecule has 1 atom stereocenters. The van der Waals surface area contributed by atoms with Crippen LogP contribution in [0.5, 0.6) is 0 Å². The van der Waals surface area contributed by atoms with Crippen molar-refractivity contribution in [3.05, 3.63) is 15.6 Å². The highest BCUT2D eigenvalue weighted by atomic mass is 32.1. The van der Waals surface area contributed by atoms with E-state index in [-0.39, 0.29) is 11.6 Å². The third-order valence-corrected chi connectivity index (χ3v) is 4.22. The van der Waals surface area contributed by atoms with Gasteiger partial charge in [-0.25, -0.2) is 9.78 Å². The summed E-state index contributed by atoms with van der Waals surface area (Å²) in [7, 11) is 1.38. The van der Waals surface area contributed by atoms with Gasteiger partial charge in [0.1, 0.15) is 15.5 Å². The Kier molecular flexibility index (Phi) is 2.99. The summed E-state index contributed by atoms with van der Waals surface area (Å²) in [6.45, 7) is 4.62. The minimum atomic E-state index is -0.318. The zero-order valence-corrected chi connectivity index (χ0v) is 10.5. The second kappa shape index (κ2) is 4.14. The number of rotatable bonds is 2. The highest BCUT2D eigenvalue weighted by Gasteiger charge is 2.36. The molecule has 0 spiro atoms. The molecule has 0 N–H and O–H groups in total. The molecular formula is C11H15NO3S. The first kappa shape index (κ1) is 11.5. The Morgan fingerprint density at radius 3 is 2.94 bits per heavy atom. The fourth-order valence-electron chi connectivity index (χ4n) is 1.85. The number of nitrogens with zero attached hydrogens (tertiary/aromatic N) is 1. The average molecular weight is 241 g/mol. The van der Waals surface area contributed by atoms with E-state index in [1.807, 2.05) is 13.8 Å². The van der Waals surface area contributed by atoms with E-state index < -0.39 is 0 Å². The van der Waals surface area contributed by atoms with E-state index in [1.165, 1.54) is 18.4 Å². The lowest BCUT2D eigenvalue weighted by Crippen LogP contribution is -2.19. The van der Waals surface area contributed by atoms with Crippen molar-refractivity contribution < 1.29 is 14.3 Å². The minimum absolute atomic E-state index is 0.317. The summed E-state index contributed by atoms with van der Waals surface area (Å²) in [6, 6.07) is 0. The molecule has 1 saturated heterocycles. The minimum Gasteiger partial charge on any atom is -0.465 e. The molecule has 1 unspecified atom stereocenters. The molecule has 0 aromatic carbocycles. The second-order valence-electron chi connectivity index (χ2n) is 4.11. The molecule has 0 radical (unpaired) electrons. The van der Waals surface area contributed by atoms with Crippen LogP contribution in [0.3, 0.4) is 0 Å². The molecule has 1 aliphatic rings. The molecule has 1 fully saturated rings. The predicted octanol–water partition coefficient (Wildman–Crippen LogP) is 2.26. The maximum Gasteiger partial charge on any atom is 0.349 e. The molecule has 5 heteroatoms. The number of aromatic nitrogens is 1. The van der Waals surface area contributed by atoms with Gasteiger partial charge in [0.05, 0.1) is 12.8 Å². The van der Waals surface area contributed by atoms with Gasteiger partial charge in [0.2, 0.25) is 0 Å². The summed E-state index contributed by atoms with van der Waals surface area (Å²) in [5, 5.41) is 0.878. The quantitative estimate of drug-likeness (QED) is 0.745. The number of aryl methyl sites for hydroxylation is 1. The van der Waals surface area contributed by atoms with E-state index in [0.717, 1.165) is 30.2 Å². The molecule has 1 aliphatic heterocycles. The van der Waals surface area contributed by atoms with Gasteiger partial charge >= 0.3 is 5.97 Å². The van der Waals surface area contributed by atoms with Crippen LogP contribution in [0.1, 0.15) is 40.1 Å². The number of hydrogen-bond acceptors (Lipinski definition) is 5. The zero-order chi connectivity index (χ0) is 11.8. The van der Waals surface area contributed by atoms with E-state index in [1.54, 1.807) is 0 Å². The highest BCUT2D eigenvalue weighted by Crippen LogP contribution is 2.38. The Morgan fingerprint density at radius 1 is 1.62 bits per heavy atom. The van der Waals surface area contributed by atoms with Crippen molar-refractivity contribution in [1.29, 1.82) is 0 Å². The standard InChI is InChI=1S/C11H15NO3S/c1-7-8(9(13)14-3)16-10(12-7)11(2)5-4-6-15-11/h4-6H2,1-3H3. The first-order valence-electron chi connectivity index (χ1n) is 5.27. The number of ether oxygens (including phenoxy) is 2. The molecule has 16 heavy (non-hydrogen) atoms. The van der Waals surface area contributed by atoms with Crippen molar-refractivity contribution in [3.63, 3.8) is 0 Å². The van der Waals surface area contributed by atoms with Gasteiger partial charge in [-0.2, -0.15) is 0 Å². The summed E-state index contributed by atoms with van der Waals surface area (Å²) in [5.74, 6) is -0.317. The van der Waals surface area contributed by atoms with Crippen LogP contribution in [-0.4, -0.2) is 24.7 Å². The van der Waals surface area contributed by atoms with Crippen LogP contribution in [0, 0.1) is 6.92 Å². The normalized spacial score (nSPS) is 24.7. The zero-order valence-electron chi connectivity index (χ0n) is 9.70. The molecule has 1 aromatic rings. The number of carbonyl (C=O) groups excluding carboxylic acids is 1. The molecule has 0 aliphatic carbocycles. The molecule has 1 aromatic heterocycles. The van der Waals surface area contributed by atoms with Crippen LogP contribution < -0.4 is 0 Å².